The molecule has 0 aliphatic carbocycles. The van der Waals surface area contributed by atoms with Gasteiger partial charge in [0.1, 0.15) is 0 Å². The Hall–Kier alpha value is -2.44. The van der Waals surface area contributed by atoms with Gasteiger partial charge in [0.05, 0.1) is 0 Å². The Morgan fingerprint density at radius 3 is 1.46 bits per heavy atom. The van der Waals surface area contributed by atoms with Crippen LogP contribution < -0.4 is 10.6 Å². The fraction of sp³-hybridized carbons (Fsp3) is 0.174. The van der Waals surface area contributed by atoms with E-state index in [2.05, 4.69) is 38.1 Å². The SMILES string of the molecule is CCP(CC)(OC(=O)c1ccccc1)(c1ccccc1)c1ccccc1. The minimum atomic E-state index is -3.15. The average molecular weight is 364 g/mol. The van der Waals surface area contributed by atoms with Crippen molar-refractivity contribution in [3.8, 4) is 0 Å². The second-order valence-corrected chi connectivity index (χ2v) is 11.8. The minimum absolute atomic E-state index is 0.250. The Balaban J connectivity index is 2.23. The van der Waals surface area contributed by atoms with E-state index in [1.807, 2.05) is 66.7 Å². The molecule has 0 aromatic heterocycles. The topological polar surface area (TPSA) is 26.3 Å². The zero-order chi connectivity index (χ0) is 18.5. The van der Waals surface area contributed by atoms with Gasteiger partial charge in [-0.15, -0.1) is 0 Å². The third-order valence-corrected chi connectivity index (χ3v) is 11.6. The molecule has 3 aromatic rings. The monoisotopic (exact) mass is 364 g/mol. The molecule has 3 aromatic carbocycles. The summed E-state index contributed by atoms with van der Waals surface area (Å²) in [6, 6.07) is 29.8. The predicted octanol–water partition coefficient (Wildman–Crippen LogP) is 5.00. The summed E-state index contributed by atoms with van der Waals surface area (Å²) in [5.41, 5.74) is 0.593. The third-order valence-electron chi connectivity index (χ3n) is 5.36. The quantitative estimate of drug-likeness (QED) is 0.575. The van der Waals surface area contributed by atoms with Crippen molar-refractivity contribution in [2.75, 3.05) is 12.3 Å². The van der Waals surface area contributed by atoms with Gasteiger partial charge in [0.2, 0.25) is 0 Å². The summed E-state index contributed by atoms with van der Waals surface area (Å²) in [6.45, 7) is 1.13. The number of benzene rings is 3. The van der Waals surface area contributed by atoms with Crippen LogP contribution in [0.2, 0.25) is 0 Å². The molecule has 0 heterocycles. The molecule has 0 spiro atoms. The normalized spacial score (nSPS) is 12.8. The molecule has 0 unspecified atom stereocenters. The van der Waals surface area contributed by atoms with Crippen LogP contribution in [0.5, 0.6) is 0 Å². The van der Waals surface area contributed by atoms with E-state index < -0.39 is 6.83 Å². The zero-order valence-electron chi connectivity index (χ0n) is 15.3. The summed E-state index contributed by atoms with van der Waals surface area (Å²) in [5.74, 6) is -0.250. The number of carbonyl (C=O) groups is 1. The van der Waals surface area contributed by atoms with Crippen LogP contribution in [0.25, 0.3) is 0 Å². The van der Waals surface area contributed by atoms with Gasteiger partial charge in [-0.1, -0.05) is 0 Å². The van der Waals surface area contributed by atoms with E-state index in [-0.39, 0.29) is 5.97 Å². The second kappa shape index (κ2) is 7.43. The first-order valence-electron chi connectivity index (χ1n) is 9.07. The standard InChI is InChI=1S/C23H25O2P/c1-3-26(4-2,21-16-10-6-11-17-21,22-18-12-7-13-19-22)25-23(24)20-14-8-5-9-15-20/h5-19H,3-4H2,1-2H3. The molecule has 0 aliphatic heterocycles. The van der Waals surface area contributed by atoms with Gasteiger partial charge in [-0.3, -0.25) is 0 Å². The predicted molar refractivity (Wildman–Crippen MR) is 112 cm³/mol. The summed E-state index contributed by atoms with van der Waals surface area (Å²) >= 11 is 0. The Kier molecular flexibility index (Phi) is 5.25. The van der Waals surface area contributed by atoms with Crippen molar-refractivity contribution in [2.24, 2.45) is 0 Å². The van der Waals surface area contributed by atoms with Crippen LogP contribution in [0.3, 0.4) is 0 Å². The van der Waals surface area contributed by atoms with Crippen LogP contribution >= 0.6 is 6.83 Å². The number of carbonyl (C=O) groups excluding carboxylic acids is 1. The van der Waals surface area contributed by atoms with Gasteiger partial charge in [0, 0.05) is 0 Å². The summed E-state index contributed by atoms with van der Waals surface area (Å²) in [4.78, 5) is 13.1. The van der Waals surface area contributed by atoms with E-state index in [0.717, 1.165) is 22.9 Å². The molecule has 0 N–H and O–H groups in total. The van der Waals surface area contributed by atoms with Gasteiger partial charge in [0.25, 0.3) is 0 Å². The molecule has 0 bridgehead atoms. The fourth-order valence-corrected chi connectivity index (χ4v) is 8.62. The molecule has 3 rings (SSSR count). The van der Waals surface area contributed by atoms with E-state index in [0.29, 0.717) is 5.56 Å². The van der Waals surface area contributed by atoms with Crippen LogP contribution in [0.15, 0.2) is 91.0 Å². The first-order chi connectivity index (χ1) is 12.6. The molecule has 134 valence electrons. The fourth-order valence-electron chi connectivity index (χ4n) is 3.71. The first kappa shape index (κ1) is 18.4. The molecule has 3 heteroatoms. The number of hydrogen-bond acceptors (Lipinski definition) is 2. The Bertz CT molecular complexity index is 813. The Morgan fingerprint density at radius 2 is 1.08 bits per heavy atom. The maximum absolute atomic E-state index is 13.1. The van der Waals surface area contributed by atoms with Crippen molar-refractivity contribution in [1.82, 2.24) is 0 Å². The summed E-state index contributed by atoms with van der Waals surface area (Å²) in [7, 11) is 0. The molecule has 2 nitrogen and oxygen atoms in total. The molecular formula is C23H25O2P. The zero-order valence-corrected chi connectivity index (χ0v) is 16.2. The van der Waals surface area contributed by atoms with Crippen molar-refractivity contribution in [3.05, 3.63) is 96.6 Å². The van der Waals surface area contributed by atoms with E-state index >= 15 is 0 Å². The van der Waals surface area contributed by atoms with E-state index in [1.165, 1.54) is 0 Å². The van der Waals surface area contributed by atoms with E-state index in [4.69, 9.17) is 4.52 Å². The Labute approximate surface area is 155 Å². The first-order valence-corrected chi connectivity index (χ1v) is 11.6. The van der Waals surface area contributed by atoms with Crippen LogP contribution in [-0.2, 0) is 4.52 Å². The third kappa shape index (κ3) is 2.95. The molecular weight excluding hydrogens is 339 g/mol. The van der Waals surface area contributed by atoms with Gasteiger partial charge in [-0.05, 0) is 0 Å². The van der Waals surface area contributed by atoms with Crippen LogP contribution in [0.1, 0.15) is 24.2 Å². The molecule has 0 atom stereocenters. The summed E-state index contributed by atoms with van der Waals surface area (Å²) in [6.07, 6.45) is 1.55. The molecule has 0 fully saturated rings. The maximum atomic E-state index is 13.1. The van der Waals surface area contributed by atoms with Crippen LogP contribution in [0.4, 0.5) is 0 Å². The average Bonchev–Trinajstić information content (AvgIpc) is 2.74. The van der Waals surface area contributed by atoms with Crippen molar-refractivity contribution in [1.29, 1.82) is 0 Å². The number of rotatable bonds is 6. The van der Waals surface area contributed by atoms with Crippen LogP contribution in [-0.4, -0.2) is 18.3 Å². The van der Waals surface area contributed by atoms with Crippen molar-refractivity contribution in [3.63, 3.8) is 0 Å². The Morgan fingerprint density at radius 1 is 0.692 bits per heavy atom. The molecule has 0 amide bonds. The van der Waals surface area contributed by atoms with Gasteiger partial charge in [-0.25, -0.2) is 0 Å². The number of hydrogen-bond donors (Lipinski definition) is 0. The van der Waals surface area contributed by atoms with Gasteiger partial charge in [-0.2, -0.15) is 0 Å². The van der Waals surface area contributed by atoms with Crippen molar-refractivity contribution < 1.29 is 9.32 Å². The van der Waals surface area contributed by atoms with E-state index in [1.54, 1.807) is 0 Å². The van der Waals surface area contributed by atoms with Crippen molar-refractivity contribution >= 4 is 23.4 Å². The van der Waals surface area contributed by atoms with Crippen LogP contribution in [0, 0.1) is 0 Å². The summed E-state index contributed by atoms with van der Waals surface area (Å²) in [5, 5.41) is 2.25. The second-order valence-electron chi connectivity index (χ2n) is 6.46. The molecule has 26 heavy (non-hydrogen) atoms. The van der Waals surface area contributed by atoms with Crippen molar-refractivity contribution in [2.45, 2.75) is 13.8 Å². The van der Waals surface area contributed by atoms with Gasteiger partial charge in [0.15, 0.2) is 0 Å². The summed E-state index contributed by atoms with van der Waals surface area (Å²) < 4.78 is 6.57. The molecule has 0 saturated carbocycles. The van der Waals surface area contributed by atoms with Gasteiger partial charge >= 0.3 is 155 Å². The van der Waals surface area contributed by atoms with Gasteiger partial charge < -0.3 is 0 Å². The van der Waals surface area contributed by atoms with E-state index in [9.17, 15) is 4.79 Å². The molecule has 0 saturated heterocycles. The molecule has 0 radical (unpaired) electrons. The molecule has 0 aliphatic rings.